The van der Waals surface area contributed by atoms with Gasteiger partial charge in [0.05, 0.1) is 11.4 Å². The molecule has 3 heteroatoms. The Kier molecular flexibility index (Phi) is 5.61. The van der Waals surface area contributed by atoms with E-state index in [4.69, 9.17) is 0 Å². The minimum Gasteiger partial charge on any atom is -0.296 e. The molecule has 1 aliphatic rings. The van der Waals surface area contributed by atoms with Gasteiger partial charge in [-0.3, -0.25) is 9.69 Å². The van der Waals surface area contributed by atoms with Crippen LogP contribution in [0.15, 0.2) is 12.1 Å². The third-order valence-electron chi connectivity index (χ3n) is 4.70. The van der Waals surface area contributed by atoms with Gasteiger partial charge in [-0.05, 0) is 62.2 Å². The molecular formula is C18H29NOS. The molecular weight excluding hydrogens is 278 g/mol. The summed E-state index contributed by atoms with van der Waals surface area (Å²) in [6.45, 7) is 11.9. The van der Waals surface area contributed by atoms with Crippen LogP contribution < -0.4 is 0 Å². The molecule has 0 bridgehead atoms. The number of aryl methyl sites for hydroxylation is 1. The SMILES string of the molecule is CCc1ccc(C(=O)CN2CCCC(C(C)(C)C)CC2)s1. The van der Waals surface area contributed by atoms with Crippen LogP contribution >= 0.6 is 11.3 Å². The predicted octanol–water partition coefficient (Wildman–Crippen LogP) is 4.64. The van der Waals surface area contributed by atoms with E-state index >= 15 is 0 Å². The van der Waals surface area contributed by atoms with E-state index in [1.807, 2.05) is 6.07 Å². The Labute approximate surface area is 133 Å². The van der Waals surface area contributed by atoms with E-state index in [1.165, 1.54) is 24.1 Å². The number of hydrogen-bond acceptors (Lipinski definition) is 3. The van der Waals surface area contributed by atoms with Gasteiger partial charge in [-0.25, -0.2) is 0 Å². The molecule has 2 nitrogen and oxygen atoms in total. The maximum absolute atomic E-state index is 12.4. The molecule has 1 aliphatic heterocycles. The number of rotatable bonds is 4. The van der Waals surface area contributed by atoms with Crippen LogP contribution in [0.2, 0.25) is 0 Å². The van der Waals surface area contributed by atoms with Crippen molar-refractivity contribution in [3.63, 3.8) is 0 Å². The lowest BCUT2D eigenvalue weighted by Crippen LogP contribution is -2.31. The molecule has 1 aromatic heterocycles. The van der Waals surface area contributed by atoms with Crippen molar-refractivity contribution in [2.24, 2.45) is 11.3 Å². The van der Waals surface area contributed by atoms with E-state index in [0.29, 0.717) is 17.7 Å². The Morgan fingerprint density at radius 1 is 1.29 bits per heavy atom. The van der Waals surface area contributed by atoms with Crippen LogP contribution in [0, 0.1) is 11.3 Å². The number of ketones is 1. The Balaban J connectivity index is 1.90. The number of nitrogens with zero attached hydrogens (tertiary/aromatic N) is 1. The standard InChI is InChI=1S/C18H29NOS/c1-5-15-8-9-17(21-15)16(20)13-19-11-6-7-14(10-12-19)18(2,3)4/h8-9,14H,5-7,10-13H2,1-4H3. The van der Waals surface area contributed by atoms with E-state index in [0.717, 1.165) is 30.3 Å². The summed E-state index contributed by atoms with van der Waals surface area (Å²) in [6.07, 6.45) is 4.77. The molecule has 1 saturated heterocycles. The number of carbonyl (C=O) groups is 1. The average Bonchev–Trinajstić information content (AvgIpc) is 2.77. The molecule has 0 amide bonds. The maximum Gasteiger partial charge on any atom is 0.186 e. The summed E-state index contributed by atoms with van der Waals surface area (Å²) in [4.78, 5) is 17.0. The van der Waals surface area contributed by atoms with Crippen molar-refractivity contribution in [1.82, 2.24) is 4.90 Å². The first-order valence-corrected chi connectivity index (χ1v) is 9.06. The highest BCUT2D eigenvalue weighted by atomic mass is 32.1. The molecule has 0 spiro atoms. The monoisotopic (exact) mass is 307 g/mol. The summed E-state index contributed by atoms with van der Waals surface area (Å²) in [7, 11) is 0. The van der Waals surface area contributed by atoms with Crippen LogP contribution in [-0.4, -0.2) is 30.3 Å². The van der Waals surface area contributed by atoms with Crippen molar-refractivity contribution in [1.29, 1.82) is 0 Å². The molecule has 1 atom stereocenters. The summed E-state index contributed by atoms with van der Waals surface area (Å²) in [5.41, 5.74) is 0.393. The molecule has 1 aromatic rings. The fourth-order valence-corrected chi connectivity index (χ4v) is 4.06. The van der Waals surface area contributed by atoms with Crippen LogP contribution in [0.4, 0.5) is 0 Å². The fraction of sp³-hybridized carbons (Fsp3) is 0.722. The van der Waals surface area contributed by atoms with Gasteiger partial charge in [0.2, 0.25) is 0 Å². The van der Waals surface area contributed by atoms with Gasteiger partial charge in [0.1, 0.15) is 0 Å². The van der Waals surface area contributed by atoms with E-state index in [-0.39, 0.29) is 0 Å². The highest BCUT2D eigenvalue weighted by Gasteiger charge is 2.27. The smallest absolute Gasteiger partial charge is 0.186 e. The maximum atomic E-state index is 12.4. The predicted molar refractivity (Wildman–Crippen MR) is 91.3 cm³/mol. The van der Waals surface area contributed by atoms with Crippen LogP contribution in [0.25, 0.3) is 0 Å². The first-order chi connectivity index (χ1) is 9.90. The van der Waals surface area contributed by atoms with Gasteiger partial charge in [0.15, 0.2) is 5.78 Å². The Morgan fingerprint density at radius 2 is 2.05 bits per heavy atom. The van der Waals surface area contributed by atoms with E-state index in [1.54, 1.807) is 11.3 Å². The second-order valence-corrected chi connectivity index (χ2v) is 8.48. The number of carbonyl (C=O) groups excluding carboxylic acids is 1. The lowest BCUT2D eigenvalue weighted by atomic mass is 9.77. The van der Waals surface area contributed by atoms with Crippen molar-refractivity contribution in [2.75, 3.05) is 19.6 Å². The van der Waals surface area contributed by atoms with Gasteiger partial charge in [-0.2, -0.15) is 0 Å². The molecule has 0 radical (unpaired) electrons. The second-order valence-electron chi connectivity index (χ2n) is 7.31. The van der Waals surface area contributed by atoms with Gasteiger partial charge in [0, 0.05) is 4.88 Å². The first kappa shape index (κ1) is 16.7. The Bertz CT molecular complexity index is 472. The Morgan fingerprint density at radius 3 is 2.67 bits per heavy atom. The van der Waals surface area contributed by atoms with Crippen LogP contribution in [0.3, 0.4) is 0 Å². The molecule has 0 aliphatic carbocycles. The second kappa shape index (κ2) is 7.06. The van der Waals surface area contributed by atoms with Crippen molar-refractivity contribution < 1.29 is 4.79 Å². The summed E-state index contributed by atoms with van der Waals surface area (Å²) < 4.78 is 0. The fourth-order valence-electron chi connectivity index (χ4n) is 3.18. The van der Waals surface area contributed by atoms with Crippen LogP contribution in [-0.2, 0) is 6.42 Å². The highest BCUT2D eigenvalue weighted by molar-refractivity contribution is 7.14. The largest absolute Gasteiger partial charge is 0.296 e. The van der Waals surface area contributed by atoms with E-state index in [9.17, 15) is 4.79 Å². The molecule has 2 rings (SSSR count). The quantitative estimate of drug-likeness (QED) is 0.755. The summed E-state index contributed by atoms with van der Waals surface area (Å²) in [5, 5.41) is 0. The van der Waals surface area contributed by atoms with Gasteiger partial charge >= 0.3 is 0 Å². The van der Waals surface area contributed by atoms with Gasteiger partial charge in [0.25, 0.3) is 0 Å². The zero-order chi connectivity index (χ0) is 15.5. The third kappa shape index (κ3) is 4.65. The molecule has 1 unspecified atom stereocenters. The molecule has 21 heavy (non-hydrogen) atoms. The summed E-state index contributed by atoms with van der Waals surface area (Å²) in [6, 6.07) is 4.09. The summed E-state index contributed by atoms with van der Waals surface area (Å²) in [5.74, 6) is 1.08. The van der Waals surface area contributed by atoms with Crippen molar-refractivity contribution in [2.45, 2.75) is 53.4 Å². The summed E-state index contributed by atoms with van der Waals surface area (Å²) >= 11 is 1.66. The third-order valence-corrected chi connectivity index (χ3v) is 5.97. The lowest BCUT2D eigenvalue weighted by molar-refractivity contribution is 0.0934. The van der Waals surface area contributed by atoms with Crippen molar-refractivity contribution in [3.05, 3.63) is 21.9 Å². The Hall–Kier alpha value is -0.670. The normalized spacial score (nSPS) is 21.2. The number of hydrogen-bond donors (Lipinski definition) is 0. The zero-order valence-electron chi connectivity index (χ0n) is 13.9. The molecule has 0 saturated carbocycles. The topological polar surface area (TPSA) is 20.3 Å². The minimum atomic E-state index is 0.300. The van der Waals surface area contributed by atoms with E-state index < -0.39 is 0 Å². The molecule has 2 heterocycles. The number of thiophene rings is 1. The van der Waals surface area contributed by atoms with Crippen LogP contribution in [0.5, 0.6) is 0 Å². The minimum absolute atomic E-state index is 0.300. The van der Waals surface area contributed by atoms with Gasteiger partial charge in [-0.1, -0.05) is 27.7 Å². The number of Topliss-reactive ketones (excluding diaryl/α,β-unsaturated/α-hetero) is 1. The first-order valence-electron chi connectivity index (χ1n) is 8.24. The van der Waals surface area contributed by atoms with E-state index in [2.05, 4.69) is 38.7 Å². The number of likely N-dealkylation sites (tertiary alicyclic amines) is 1. The molecule has 1 fully saturated rings. The molecule has 0 N–H and O–H groups in total. The highest BCUT2D eigenvalue weighted by Crippen LogP contribution is 2.34. The molecule has 118 valence electrons. The average molecular weight is 308 g/mol. The zero-order valence-corrected chi connectivity index (χ0v) is 14.8. The molecule has 0 aromatic carbocycles. The van der Waals surface area contributed by atoms with Gasteiger partial charge in [-0.15, -0.1) is 11.3 Å². The lowest BCUT2D eigenvalue weighted by Gasteiger charge is -2.29. The van der Waals surface area contributed by atoms with Crippen molar-refractivity contribution in [3.8, 4) is 0 Å². The van der Waals surface area contributed by atoms with Crippen molar-refractivity contribution >= 4 is 17.1 Å². The van der Waals surface area contributed by atoms with Gasteiger partial charge < -0.3 is 0 Å². The van der Waals surface area contributed by atoms with Crippen LogP contribution in [0.1, 0.15) is 61.5 Å².